The molecule has 5 rings (SSSR count). The summed E-state index contributed by atoms with van der Waals surface area (Å²) >= 11 is 0.994. The van der Waals surface area contributed by atoms with Crippen molar-refractivity contribution in [1.82, 2.24) is 15.2 Å². The predicted molar refractivity (Wildman–Crippen MR) is 156 cm³/mol. The van der Waals surface area contributed by atoms with E-state index in [0.29, 0.717) is 22.2 Å². The quantitative estimate of drug-likeness (QED) is 0.274. The van der Waals surface area contributed by atoms with Crippen molar-refractivity contribution in [2.75, 3.05) is 14.2 Å². The summed E-state index contributed by atoms with van der Waals surface area (Å²) in [5.41, 5.74) is 8.35. The van der Waals surface area contributed by atoms with Gasteiger partial charge in [-0.05, 0) is 92.7 Å². The van der Waals surface area contributed by atoms with Gasteiger partial charge in [0.05, 0.1) is 16.7 Å². The van der Waals surface area contributed by atoms with E-state index >= 15 is 0 Å². The number of thiophene rings is 1. The number of nitrogens with one attached hydrogen (secondary N) is 1. The highest BCUT2D eigenvalue weighted by molar-refractivity contribution is 7.21. The molecule has 2 aromatic heterocycles. The number of nitrogens with zero attached hydrogens (tertiary/aromatic N) is 2. The molecule has 0 unspecified atom stereocenters. The van der Waals surface area contributed by atoms with E-state index in [2.05, 4.69) is 10.3 Å². The van der Waals surface area contributed by atoms with Crippen LogP contribution in [0.1, 0.15) is 57.0 Å². The molecular formula is C31H32F2N4O3S. The summed E-state index contributed by atoms with van der Waals surface area (Å²) < 4.78 is 35.2. The number of amides is 2. The third-order valence-corrected chi connectivity index (χ3v) is 9.23. The number of carbonyl (C=O) groups excluding carboxylic acids is 2. The van der Waals surface area contributed by atoms with Crippen molar-refractivity contribution in [1.29, 1.82) is 0 Å². The highest BCUT2D eigenvalue weighted by Gasteiger charge is 2.32. The molecule has 3 N–H and O–H groups in total. The number of rotatable bonds is 8. The van der Waals surface area contributed by atoms with E-state index in [9.17, 15) is 18.4 Å². The molecule has 0 bridgehead atoms. The summed E-state index contributed by atoms with van der Waals surface area (Å²) in [6.07, 6.45) is 4.92. The van der Waals surface area contributed by atoms with Gasteiger partial charge < -0.3 is 20.7 Å². The van der Waals surface area contributed by atoms with Gasteiger partial charge in [0.2, 0.25) is 0 Å². The maximum atomic E-state index is 14.7. The van der Waals surface area contributed by atoms with Crippen LogP contribution in [-0.4, -0.2) is 47.9 Å². The van der Waals surface area contributed by atoms with Crippen LogP contribution in [0.25, 0.3) is 21.2 Å². The average Bonchev–Trinajstić information content (AvgIpc) is 3.35. The number of benzene rings is 2. The first-order valence-electron chi connectivity index (χ1n) is 13.5. The number of pyridine rings is 1. The number of aromatic nitrogens is 1. The second-order valence-electron chi connectivity index (χ2n) is 10.3. The normalized spacial score (nSPS) is 17.0. The Kier molecular flexibility index (Phi) is 8.32. The number of fused-ring (bicyclic) bond motifs is 1. The lowest BCUT2D eigenvalue weighted by Crippen LogP contribution is -2.44. The maximum absolute atomic E-state index is 14.7. The zero-order valence-corrected chi connectivity index (χ0v) is 24.0. The summed E-state index contributed by atoms with van der Waals surface area (Å²) in [7, 11) is 3.51. The van der Waals surface area contributed by atoms with Crippen LogP contribution in [0.2, 0.25) is 0 Å². The molecule has 0 radical (unpaired) electrons. The van der Waals surface area contributed by atoms with E-state index in [1.807, 2.05) is 30.1 Å². The maximum Gasteiger partial charge on any atom is 0.267 e. The molecule has 0 saturated heterocycles. The van der Waals surface area contributed by atoms with Gasteiger partial charge in [0.15, 0.2) is 0 Å². The standard InChI is InChI=1S/C31H32F2N4O3S/c1-17-27-23(32)9-10-24(33)29(27)41-28(17)31(39)37(22-7-5-21(35-2)6-8-22)16-20-14-18(4-11-26(20)40-3)19-12-13-36-25(15-19)30(34)38/h4,9-15,21-22,35H,5-8,16H2,1-3H3,(H2,34,38). The first-order valence-corrected chi connectivity index (χ1v) is 14.3. The van der Waals surface area contributed by atoms with Crippen LogP contribution in [0.15, 0.2) is 48.7 Å². The topological polar surface area (TPSA) is 97.6 Å². The molecule has 0 spiro atoms. The van der Waals surface area contributed by atoms with E-state index in [1.54, 1.807) is 26.2 Å². The number of hydrogen-bond donors (Lipinski definition) is 2. The fourth-order valence-electron chi connectivity index (χ4n) is 5.66. The van der Waals surface area contributed by atoms with Gasteiger partial charge in [-0.2, -0.15) is 0 Å². The largest absolute Gasteiger partial charge is 0.496 e. The molecule has 2 heterocycles. The van der Waals surface area contributed by atoms with Crippen molar-refractivity contribution < 1.29 is 23.1 Å². The fourth-order valence-corrected chi connectivity index (χ4v) is 6.84. The molecule has 214 valence electrons. The highest BCUT2D eigenvalue weighted by Crippen LogP contribution is 2.38. The molecule has 10 heteroatoms. The number of halogens is 2. The molecule has 2 amide bonds. The van der Waals surface area contributed by atoms with Crippen LogP contribution in [0.4, 0.5) is 8.78 Å². The van der Waals surface area contributed by atoms with Crippen molar-refractivity contribution in [3.8, 4) is 16.9 Å². The van der Waals surface area contributed by atoms with Crippen LogP contribution in [0, 0.1) is 18.6 Å². The van der Waals surface area contributed by atoms with Crippen molar-refractivity contribution in [2.24, 2.45) is 5.73 Å². The molecule has 4 aromatic rings. The van der Waals surface area contributed by atoms with E-state index in [-0.39, 0.29) is 34.3 Å². The van der Waals surface area contributed by atoms with Gasteiger partial charge in [0.25, 0.3) is 11.8 Å². The molecule has 7 nitrogen and oxygen atoms in total. The molecule has 1 saturated carbocycles. The summed E-state index contributed by atoms with van der Waals surface area (Å²) in [6, 6.07) is 11.5. The third kappa shape index (κ3) is 5.67. The summed E-state index contributed by atoms with van der Waals surface area (Å²) in [4.78, 5) is 32.1. The Morgan fingerprint density at radius 3 is 2.44 bits per heavy atom. The summed E-state index contributed by atoms with van der Waals surface area (Å²) in [5, 5.41) is 3.48. The number of nitrogens with two attached hydrogens (primary N) is 1. The van der Waals surface area contributed by atoms with Crippen LogP contribution in [0.5, 0.6) is 5.75 Å². The molecule has 0 atom stereocenters. The molecule has 1 aliphatic carbocycles. The Bertz CT molecular complexity index is 1610. The lowest BCUT2D eigenvalue weighted by molar-refractivity contribution is 0.0604. The summed E-state index contributed by atoms with van der Waals surface area (Å²) in [6.45, 7) is 1.91. The monoisotopic (exact) mass is 578 g/mol. The highest BCUT2D eigenvalue weighted by atomic mass is 32.1. The second-order valence-corrected chi connectivity index (χ2v) is 11.4. The van der Waals surface area contributed by atoms with Crippen LogP contribution in [0.3, 0.4) is 0 Å². The lowest BCUT2D eigenvalue weighted by Gasteiger charge is -2.37. The Morgan fingerprint density at radius 1 is 1.07 bits per heavy atom. The number of ether oxygens (including phenoxy) is 1. The first kappa shape index (κ1) is 28.6. The number of methoxy groups -OCH3 is 1. The predicted octanol–water partition coefficient (Wildman–Crippen LogP) is 5.83. The Balaban J connectivity index is 1.56. The van der Waals surface area contributed by atoms with Gasteiger partial charge in [-0.25, -0.2) is 8.78 Å². The van der Waals surface area contributed by atoms with Gasteiger partial charge in [-0.15, -0.1) is 11.3 Å². The van der Waals surface area contributed by atoms with Crippen LogP contribution < -0.4 is 15.8 Å². The molecule has 1 aliphatic rings. The SMILES string of the molecule is CNC1CCC(N(Cc2cc(-c3ccnc(C(N)=O)c3)ccc2OC)C(=O)c2sc3c(F)ccc(F)c3c2C)CC1. The Hall–Kier alpha value is -3.89. The minimum atomic E-state index is -0.624. The lowest BCUT2D eigenvalue weighted by atomic mass is 9.89. The zero-order chi connectivity index (χ0) is 29.3. The van der Waals surface area contributed by atoms with Gasteiger partial charge in [0.1, 0.15) is 23.1 Å². The average molecular weight is 579 g/mol. The second kappa shape index (κ2) is 11.9. The van der Waals surface area contributed by atoms with Crippen molar-refractivity contribution in [3.05, 3.63) is 82.0 Å². The van der Waals surface area contributed by atoms with E-state index in [1.165, 1.54) is 6.20 Å². The third-order valence-electron chi connectivity index (χ3n) is 7.95. The number of aryl methyl sites for hydroxylation is 1. The fraction of sp³-hybridized carbons (Fsp3) is 0.323. The first-order chi connectivity index (χ1) is 19.7. The van der Waals surface area contributed by atoms with E-state index in [4.69, 9.17) is 10.5 Å². The molecule has 2 aromatic carbocycles. The van der Waals surface area contributed by atoms with Gasteiger partial charge in [-0.1, -0.05) is 6.07 Å². The zero-order valence-electron chi connectivity index (χ0n) is 23.2. The summed E-state index contributed by atoms with van der Waals surface area (Å²) in [5.74, 6) is -1.37. The minimum Gasteiger partial charge on any atom is -0.496 e. The van der Waals surface area contributed by atoms with Crippen molar-refractivity contribution >= 4 is 33.2 Å². The Labute approximate surface area is 241 Å². The minimum absolute atomic E-state index is 0.0674. The van der Waals surface area contributed by atoms with Crippen molar-refractivity contribution in [2.45, 2.75) is 51.2 Å². The smallest absolute Gasteiger partial charge is 0.267 e. The van der Waals surface area contributed by atoms with Gasteiger partial charge in [-0.3, -0.25) is 14.6 Å². The van der Waals surface area contributed by atoms with Gasteiger partial charge >= 0.3 is 0 Å². The molecule has 41 heavy (non-hydrogen) atoms. The Morgan fingerprint density at radius 2 is 1.78 bits per heavy atom. The molecular weight excluding hydrogens is 546 g/mol. The van der Waals surface area contributed by atoms with E-state index < -0.39 is 17.5 Å². The molecule has 0 aliphatic heterocycles. The van der Waals surface area contributed by atoms with E-state index in [0.717, 1.165) is 65.8 Å². The van der Waals surface area contributed by atoms with Crippen LogP contribution in [-0.2, 0) is 6.54 Å². The number of primary amides is 1. The van der Waals surface area contributed by atoms with Crippen LogP contribution >= 0.6 is 11.3 Å². The van der Waals surface area contributed by atoms with Crippen molar-refractivity contribution in [3.63, 3.8) is 0 Å². The number of carbonyl (C=O) groups is 2. The molecule has 1 fully saturated rings. The van der Waals surface area contributed by atoms with Gasteiger partial charge in [0, 0.05) is 35.8 Å². The number of hydrogen-bond acceptors (Lipinski definition) is 6.